The lowest BCUT2D eigenvalue weighted by Crippen LogP contribution is -2.53. The topological polar surface area (TPSA) is 74.2 Å². The number of hydrogen-bond acceptors (Lipinski definition) is 5. The molecule has 2 N–H and O–H groups in total. The molecule has 1 fully saturated rings. The normalized spacial score (nSPS) is 15.7. The number of hydrogen-bond donors (Lipinski definition) is 2. The third kappa shape index (κ3) is 8.11. The number of rotatable bonds is 12. The van der Waals surface area contributed by atoms with E-state index in [1.54, 1.807) is 12.1 Å². The minimum Gasteiger partial charge on any atom is -0.432 e. The summed E-state index contributed by atoms with van der Waals surface area (Å²) in [4.78, 5) is 13.5. The van der Waals surface area contributed by atoms with Crippen LogP contribution in [0.4, 0.5) is 22.0 Å². The van der Waals surface area contributed by atoms with Crippen LogP contribution in [0.2, 0.25) is 0 Å². The number of benzene rings is 2. The molecule has 0 heterocycles. The Morgan fingerprint density at radius 1 is 1.14 bits per heavy atom. The number of nitrogens with zero attached hydrogens (tertiary/aromatic N) is 1. The molecule has 0 saturated heterocycles. The first-order chi connectivity index (χ1) is 16.4. The minimum absolute atomic E-state index is 0.119. The van der Waals surface area contributed by atoms with E-state index in [9.17, 15) is 32.0 Å². The second-order valence-electron chi connectivity index (χ2n) is 8.39. The monoisotopic (exact) mass is 513 g/mol. The Balaban J connectivity index is 1.68. The average molecular weight is 514 g/mol. The van der Waals surface area contributed by atoms with Crippen molar-refractivity contribution in [1.82, 2.24) is 10.6 Å². The predicted octanol–water partition coefficient (Wildman–Crippen LogP) is 4.92. The maximum absolute atomic E-state index is 14.8. The van der Waals surface area contributed by atoms with Gasteiger partial charge < -0.3 is 10.1 Å². The molecule has 1 aliphatic rings. The van der Waals surface area contributed by atoms with Crippen molar-refractivity contribution < 1.29 is 31.5 Å². The van der Waals surface area contributed by atoms with Gasteiger partial charge in [0.2, 0.25) is 5.91 Å². The van der Waals surface area contributed by atoms with Gasteiger partial charge in [0.1, 0.15) is 23.7 Å². The molecular formula is C24H24F5N3O2S. The fourth-order valence-electron chi connectivity index (χ4n) is 3.34. The number of alkyl halides is 4. The molecule has 0 unspecified atom stereocenters. The summed E-state index contributed by atoms with van der Waals surface area (Å²) >= 11 is 1.42. The summed E-state index contributed by atoms with van der Waals surface area (Å²) in [5.74, 6) is -5.19. The van der Waals surface area contributed by atoms with Crippen LogP contribution in [0.15, 0.2) is 53.4 Å². The van der Waals surface area contributed by atoms with Gasteiger partial charge in [-0.2, -0.15) is 14.0 Å². The zero-order valence-corrected chi connectivity index (χ0v) is 19.6. The van der Waals surface area contributed by atoms with Crippen LogP contribution in [-0.2, 0) is 11.2 Å². The Morgan fingerprint density at radius 2 is 1.77 bits per heavy atom. The van der Waals surface area contributed by atoms with E-state index >= 15 is 0 Å². The van der Waals surface area contributed by atoms with Crippen LogP contribution in [0.3, 0.4) is 0 Å². The molecule has 0 spiro atoms. The first kappa shape index (κ1) is 26.8. The lowest BCUT2D eigenvalue weighted by molar-refractivity contribution is -0.174. The lowest BCUT2D eigenvalue weighted by atomic mass is 9.99. The van der Waals surface area contributed by atoms with Gasteiger partial charge in [-0.15, -0.1) is 11.8 Å². The van der Waals surface area contributed by atoms with E-state index in [0.29, 0.717) is 12.8 Å². The molecule has 0 aromatic heterocycles. The molecule has 1 atom stereocenters. The van der Waals surface area contributed by atoms with E-state index in [4.69, 9.17) is 4.74 Å². The van der Waals surface area contributed by atoms with Gasteiger partial charge in [-0.3, -0.25) is 10.1 Å². The highest BCUT2D eigenvalue weighted by Gasteiger charge is 2.47. The second kappa shape index (κ2) is 10.8. The molecule has 35 heavy (non-hydrogen) atoms. The minimum atomic E-state index is -3.81. The lowest BCUT2D eigenvalue weighted by Gasteiger charge is -2.27. The van der Waals surface area contributed by atoms with Crippen LogP contribution in [0.1, 0.15) is 24.8 Å². The zero-order valence-electron chi connectivity index (χ0n) is 18.8. The van der Waals surface area contributed by atoms with Crippen molar-refractivity contribution in [2.45, 2.75) is 54.2 Å². The van der Waals surface area contributed by atoms with Gasteiger partial charge in [0.05, 0.1) is 12.1 Å². The molecule has 188 valence electrons. The Morgan fingerprint density at radius 3 is 2.31 bits per heavy atom. The summed E-state index contributed by atoms with van der Waals surface area (Å²) in [6.07, 6.45) is -3.23. The molecule has 2 aromatic rings. The van der Waals surface area contributed by atoms with Gasteiger partial charge in [0.15, 0.2) is 0 Å². The summed E-state index contributed by atoms with van der Waals surface area (Å²) < 4.78 is 76.3. The first-order valence-corrected chi connectivity index (χ1v) is 12.0. The standard InChI is InChI=1S/C24H24F5N3O2S/c1-35-19-8-6-18(7-9-19)34-24(28,29)15-31-20(21(33)32-22(14-30)10-11-22)13-23(26,27)12-16-2-4-17(25)5-3-16/h2-9,20,31H,10-13,15H2,1H3,(H,32,33)/t20-/m0/s1. The third-order valence-corrected chi connectivity index (χ3v) is 6.15. The molecule has 3 rings (SSSR count). The van der Waals surface area contributed by atoms with E-state index in [-0.39, 0.29) is 11.3 Å². The third-order valence-electron chi connectivity index (χ3n) is 5.40. The van der Waals surface area contributed by atoms with Crippen molar-refractivity contribution in [3.63, 3.8) is 0 Å². The number of amides is 1. The molecule has 0 bridgehead atoms. The Bertz CT molecular complexity index is 1050. The number of carbonyl (C=O) groups is 1. The first-order valence-electron chi connectivity index (χ1n) is 10.7. The van der Waals surface area contributed by atoms with E-state index in [1.807, 2.05) is 12.3 Å². The van der Waals surface area contributed by atoms with Gasteiger partial charge >= 0.3 is 6.11 Å². The van der Waals surface area contributed by atoms with E-state index in [1.165, 1.54) is 36.0 Å². The van der Waals surface area contributed by atoms with Crippen LogP contribution >= 0.6 is 11.8 Å². The quantitative estimate of drug-likeness (QED) is 0.312. The molecule has 1 amide bonds. The predicted molar refractivity (Wildman–Crippen MR) is 121 cm³/mol. The van der Waals surface area contributed by atoms with Gasteiger partial charge in [0, 0.05) is 17.7 Å². The molecular weight excluding hydrogens is 489 g/mol. The fourth-order valence-corrected chi connectivity index (χ4v) is 3.74. The molecule has 5 nitrogen and oxygen atoms in total. The van der Waals surface area contributed by atoms with Crippen molar-refractivity contribution in [2.75, 3.05) is 12.8 Å². The number of nitrogens with one attached hydrogen (secondary N) is 2. The SMILES string of the molecule is CSc1ccc(OC(F)(F)CN[C@@H](CC(F)(F)Cc2ccc(F)cc2)C(=O)NC2(C#N)CC2)cc1. The molecule has 1 aliphatic carbocycles. The maximum Gasteiger partial charge on any atom is 0.410 e. The largest absolute Gasteiger partial charge is 0.432 e. The number of nitriles is 1. The molecule has 1 saturated carbocycles. The summed E-state index contributed by atoms with van der Waals surface area (Å²) in [6.45, 7) is -1.22. The highest BCUT2D eigenvalue weighted by atomic mass is 32.2. The average Bonchev–Trinajstić information content (AvgIpc) is 3.58. The van der Waals surface area contributed by atoms with Crippen molar-refractivity contribution in [1.29, 1.82) is 5.26 Å². The number of halogens is 5. The van der Waals surface area contributed by atoms with Crippen molar-refractivity contribution >= 4 is 17.7 Å². The van der Waals surface area contributed by atoms with E-state index in [0.717, 1.165) is 17.0 Å². The fraction of sp³-hybridized carbons (Fsp3) is 0.417. The van der Waals surface area contributed by atoms with Crippen LogP contribution in [0.25, 0.3) is 0 Å². The summed E-state index contributed by atoms with van der Waals surface area (Å²) in [5, 5.41) is 13.8. The summed E-state index contributed by atoms with van der Waals surface area (Å²) in [5.41, 5.74) is -1.05. The molecule has 0 aliphatic heterocycles. The number of ether oxygens (including phenoxy) is 1. The van der Waals surface area contributed by atoms with Crippen LogP contribution in [0.5, 0.6) is 5.75 Å². The van der Waals surface area contributed by atoms with Crippen LogP contribution in [-0.4, -0.2) is 42.3 Å². The Labute approximate surface area is 204 Å². The summed E-state index contributed by atoms with van der Waals surface area (Å²) in [7, 11) is 0. The highest BCUT2D eigenvalue weighted by molar-refractivity contribution is 7.98. The summed E-state index contributed by atoms with van der Waals surface area (Å²) in [6, 6.07) is 10.5. The number of carbonyl (C=O) groups excluding carboxylic acids is 1. The molecule has 2 aromatic carbocycles. The molecule has 0 radical (unpaired) electrons. The maximum atomic E-state index is 14.8. The smallest absolute Gasteiger partial charge is 0.410 e. The van der Waals surface area contributed by atoms with Crippen molar-refractivity contribution in [2.24, 2.45) is 0 Å². The van der Waals surface area contributed by atoms with Crippen LogP contribution < -0.4 is 15.4 Å². The van der Waals surface area contributed by atoms with E-state index < -0.39 is 54.7 Å². The van der Waals surface area contributed by atoms with Gasteiger partial charge in [-0.05, 0) is 61.1 Å². The number of thioether (sulfide) groups is 1. The van der Waals surface area contributed by atoms with Crippen molar-refractivity contribution in [3.8, 4) is 11.8 Å². The highest BCUT2D eigenvalue weighted by Crippen LogP contribution is 2.35. The van der Waals surface area contributed by atoms with Crippen LogP contribution in [0, 0.1) is 17.1 Å². The van der Waals surface area contributed by atoms with Gasteiger partial charge in [0.25, 0.3) is 5.92 Å². The second-order valence-corrected chi connectivity index (χ2v) is 9.27. The zero-order chi connectivity index (χ0) is 25.7. The van der Waals surface area contributed by atoms with Gasteiger partial charge in [-0.25, -0.2) is 13.2 Å². The molecule has 11 heteroatoms. The Kier molecular flexibility index (Phi) is 8.28. The van der Waals surface area contributed by atoms with E-state index in [2.05, 4.69) is 10.6 Å². The van der Waals surface area contributed by atoms with Crippen molar-refractivity contribution in [3.05, 3.63) is 59.9 Å². The van der Waals surface area contributed by atoms with Gasteiger partial charge in [-0.1, -0.05) is 12.1 Å². The Hall–Kier alpha value is -2.84.